The van der Waals surface area contributed by atoms with Gasteiger partial charge in [0, 0.05) is 29.5 Å². The lowest BCUT2D eigenvalue weighted by atomic mass is 10.2. The second kappa shape index (κ2) is 8.81. The van der Waals surface area contributed by atoms with Crippen molar-refractivity contribution in [2.75, 3.05) is 11.9 Å². The third-order valence-corrected chi connectivity index (χ3v) is 4.63. The lowest BCUT2D eigenvalue weighted by Crippen LogP contribution is -2.28. The number of carbonyl (C=O) groups is 2. The van der Waals surface area contributed by atoms with E-state index in [0.29, 0.717) is 11.5 Å². The van der Waals surface area contributed by atoms with Crippen molar-refractivity contribution >= 4 is 44.7 Å². The zero-order valence-electron chi connectivity index (χ0n) is 15.0. The summed E-state index contributed by atoms with van der Waals surface area (Å²) in [5.41, 5.74) is 2.41. The third kappa shape index (κ3) is 4.74. The molecular weight excluding hydrogens is 408 g/mol. The fourth-order valence-electron chi connectivity index (χ4n) is 2.80. The Morgan fingerprint density at radius 3 is 2.59 bits per heavy atom. The van der Waals surface area contributed by atoms with Crippen LogP contribution in [-0.4, -0.2) is 27.9 Å². The van der Waals surface area contributed by atoms with Gasteiger partial charge in [-0.25, -0.2) is 4.98 Å². The number of nitrogens with one attached hydrogen (secondary N) is 2. The molecule has 0 spiro atoms. The second-order valence-electron chi connectivity index (χ2n) is 6.14. The Morgan fingerprint density at radius 2 is 1.85 bits per heavy atom. The summed E-state index contributed by atoms with van der Waals surface area (Å²) in [4.78, 5) is 28.9. The summed E-state index contributed by atoms with van der Waals surface area (Å²) in [6, 6.07) is 14.9. The van der Waals surface area contributed by atoms with Crippen LogP contribution >= 0.6 is 15.9 Å². The first-order valence-electron chi connectivity index (χ1n) is 8.87. The van der Waals surface area contributed by atoms with Gasteiger partial charge in [0.1, 0.15) is 0 Å². The Balaban J connectivity index is 1.58. The molecule has 0 aliphatic heterocycles. The second-order valence-corrected chi connectivity index (χ2v) is 7.05. The number of para-hydroxylation sites is 2. The molecule has 0 aliphatic carbocycles. The molecule has 0 unspecified atom stereocenters. The Morgan fingerprint density at radius 1 is 1.11 bits per heavy atom. The molecular formula is C20H21BrN4O2. The van der Waals surface area contributed by atoms with Gasteiger partial charge in [-0.15, -0.1) is 0 Å². The number of nitrogens with zero attached hydrogens (tertiary/aromatic N) is 2. The van der Waals surface area contributed by atoms with Gasteiger partial charge >= 0.3 is 0 Å². The molecule has 7 heteroatoms. The van der Waals surface area contributed by atoms with Crippen LogP contribution in [0.25, 0.3) is 11.0 Å². The van der Waals surface area contributed by atoms with E-state index in [1.807, 2.05) is 28.8 Å². The normalized spacial score (nSPS) is 10.7. The minimum Gasteiger partial charge on any atom is -0.352 e. The van der Waals surface area contributed by atoms with E-state index < -0.39 is 0 Å². The minimum absolute atomic E-state index is 0.178. The topological polar surface area (TPSA) is 76.0 Å². The average molecular weight is 429 g/mol. The number of imidazole rings is 1. The molecule has 27 heavy (non-hydrogen) atoms. The summed E-state index contributed by atoms with van der Waals surface area (Å²) in [5, 5.41) is 5.62. The van der Waals surface area contributed by atoms with Crippen molar-refractivity contribution in [2.45, 2.75) is 26.3 Å². The van der Waals surface area contributed by atoms with Gasteiger partial charge in [0.15, 0.2) is 0 Å². The Hall–Kier alpha value is -2.67. The van der Waals surface area contributed by atoms with E-state index in [9.17, 15) is 9.59 Å². The molecule has 3 rings (SSSR count). The van der Waals surface area contributed by atoms with Crippen LogP contribution in [0.3, 0.4) is 0 Å². The van der Waals surface area contributed by atoms with Crippen LogP contribution in [0.2, 0.25) is 0 Å². The van der Waals surface area contributed by atoms with Gasteiger partial charge in [-0.2, -0.15) is 0 Å². The van der Waals surface area contributed by atoms with Crippen molar-refractivity contribution in [3.8, 4) is 0 Å². The third-order valence-electron chi connectivity index (χ3n) is 4.10. The molecule has 6 nitrogen and oxygen atoms in total. The minimum atomic E-state index is -0.200. The summed E-state index contributed by atoms with van der Waals surface area (Å²) >= 11 is 3.33. The summed E-state index contributed by atoms with van der Waals surface area (Å²) in [5.74, 6) is 0.162. The van der Waals surface area contributed by atoms with E-state index in [4.69, 9.17) is 0 Å². The highest BCUT2D eigenvalue weighted by atomic mass is 79.9. The van der Waals surface area contributed by atoms with E-state index in [2.05, 4.69) is 38.5 Å². The standard InChI is InChI=1S/C20H21BrN4O2/c1-2-13-25-17-6-4-3-5-16(17)23-20(25)24-18(26)11-12-22-19(27)14-7-9-15(21)10-8-14/h3-10H,2,11-13H2,1H3,(H,22,27)(H,23,24,26). The molecule has 0 bridgehead atoms. The summed E-state index contributed by atoms with van der Waals surface area (Å²) in [6.07, 6.45) is 1.12. The Bertz CT molecular complexity index is 950. The molecule has 0 fully saturated rings. The maximum Gasteiger partial charge on any atom is 0.251 e. The maximum absolute atomic E-state index is 12.3. The van der Waals surface area contributed by atoms with Crippen molar-refractivity contribution in [2.24, 2.45) is 0 Å². The molecule has 0 aliphatic rings. The fraction of sp³-hybridized carbons (Fsp3) is 0.250. The number of hydrogen-bond acceptors (Lipinski definition) is 3. The van der Waals surface area contributed by atoms with Gasteiger partial charge in [0.25, 0.3) is 5.91 Å². The van der Waals surface area contributed by atoms with Crippen LogP contribution in [0.15, 0.2) is 53.0 Å². The smallest absolute Gasteiger partial charge is 0.251 e. The summed E-state index contributed by atoms with van der Waals surface area (Å²) in [6.45, 7) is 3.11. The molecule has 0 radical (unpaired) electrons. The van der Waals surface area contributed by atoms with Gasteiger partial charge in [-0.05, 0) is 42.8 Å². The first-order chi connectivity index (χ1) is 13.1. The molecule has 0 saturated carbocycles. The molecule has 1 aromatic heterocycles. The molecule has 0 saturated heterocycles. The fourth-order valence-corrected chi connectivity index (χ4v) is 3.07. The quantitative estimate of drug-likeness (QED) is 0.597. The Labute approximate surface area is 166 Å². The predicted octanol–water partition coefficient (Wildman–Crippen LogP) is 3.97. The van der Waals surface area contributed by atoms with Gasteiger partial charge in [0.05, 0.1) is 11.0 Å². The molecule has 0 atom stereocenters. The lowest BCUT2D eigenvalue weighted by Gasteiger charge is -2.09. The summed E-state index contributed by atoms with van der Waals surface area (Å²) in [7, 11) is 0. The molecule has 140 valence electrons. The zero-order chi connectivity index (χ0) is 19.2. The highest BCUT2D eigenvalue weighted by Crippen LogP contribution is 2.20. The van der Waals surface area contributed by atoms with Crippen LogP contribution in [0.5, 0.6) is 0 Å². The Kier molecular flexibility index (Phi) is 6.24. The largest absolute Gasteiger partial charge is 0.352 e. The SMILES string of the molecule is CCCn1c(NC(=O)CCNC(=O)c2ccc(Br)cc2)nc2ccccc21. The van der Waals surface area contributed by atoms with Crippen LogP contribution in [0, 0.1) is 0 Å². The van der Waals surface area contributed by atoms with E-state index in [0.717, 1.165) is 28.5 Å². The molecule has 2 amide bonds. The molecule has 2 N–H and O–H groups in total. The van der Waals surface area contributed by atoms with Gasteiger partial charge in [-0.3, -0.25) is 14.9 Å². The number of aryl methyl sites for hydroxylation is 1. The first kappa shape index (κ1) is 19.1. The number of halogens is 1. The van der Waals surface area contributed by atoms with Crippen molar-refractivity contribution < 1.29 is 9.59 Å². The van der Waals surface area contributed by atoms with E-state index in [1.165, 1.54) is 0 Å². The zero-order valence-corrected chi connectivity index (χ0v) is 16.6. The average Bonchev–Trinajstić information content (AvgIpc) is 3.00. The number of aromatic nitrogens is 2. The van der Waals surface area contributed by atoms with E-state index in [1.54, 1.807) is 24.3 Å². The van der Waals surface area contributed by atoms with Crippen LogP contribution in [-0.2, 0) is 11.3 Å². The lowest BCUT2D eigenvalue weighted by molar-refractivity contribution is -0.116. The first-order valence-corrected chi connectivity index (χ1v) is 9.66. The highest BCUT2D eigenvalue weighted by Gasteiger charge is 2.13. The van der Waals surface area contributed by atoms with Gasteiger partial charge in [0.2, 0.25) is 11.9 Å². The number of benzene rings is 2. The number of anilines is 1. The predicted molar refractivity (Wildman–Crippen MR) is 110 cm³/mol. The van der Waals surface area contributed by atoms with E-state index in [-0.39, 0.29) is 24.8 Å². The summed E-state index contributed by atoms with van der Waals surface area (Å²) < 4.78 is 2.92. The van der Waals surface area contributed by atoms with Crippen molar-refractivity contribution in [1.29, 1.82) is 0 Å². The van der Waals surface area contributed by atoms with E-state index >= 15 is 0 Å². The maximum atomic E-state index is 12.3. The number of hydrogen-bond donors (Lipinski definition) is 2. The van der Waals surface area contributed by atoms with Crippen LogP contribution < -0.4 is 10.6 Å². The number of amides is 2. The monoisotopic (exact) mass is 428 g/mol. The van der Waals surface area contributed by atoms with Gasteiger partial charge in [-0.1, -0.05) is 35.0 Å². The molecule has 1 heterocycles. The highest BCUT2D eigenvalue weighted by molar-refractivity contribution is 9.10. The van der Waals surface area contributed by atoms with Gasteiger partial charge < -0.3 is 9.88 Å². The number of carbonyl (C=O) groups excluding carboxylic acids is 2. The number of fused-ring (bicyclic) bond motifs is 1. The molecule has 3 aromatic rings. The van der Waals surface area contributed by atoms with Crippen LogP contribution in [0.1, 0.15) is 30.1 Å². The van der Waals surface area contributed by atoms with Crippen molar-refractivity contribution in [3.05, 3.63) is 58.6 Å². The van der Waals surface area contributed by atoms with Crippen molar-refractivity contribution in [1.82, 2.24) is 14.9 Å². The van der Waals surface area contributed by atoms with Crippen LogP contribution in [0.4, 0.5) is 5.95 Å². The molecule has 2 aromatic carbocycles. The van der Waals surface area contributed by atoms with Crippen molar-refractivity contribution in [3.63, 3.8) is 0 Å². The number of rotatable bonds is 7.